The van der Waals surface area contributed by atoms with Crippen LogP contribution in [0.2, 0.25) is 5.02 Å². The van der Waals surface area contributed by atoms with Gasteiger partial charge < -0.3 is 10.6 Å². The van der Waals surface area contributed by atoms with Gasteiger partial charge in [-0.2, -0.15) is 5.10 Å². The van der Waals surface area contributed by atoms with Crippen LogP contribution in [0.3, 0.4) is 0 Å². The Balaban J connectivity index is 1.50. The molecule has 2 aromatic heterocycles. The molecule has 0 saturated heterocycles. The number of carbonyl (C=O) groups is 2. The fraction of sp³-hybridized carbons (Fsp3) is 0.185. The van der Waals surface area contributed by atoms with Gasteiger partial charge in [0, 0.05) is 23.9 Å². The summed E-state index contributed by atoms with van der Waals surface area (Å²) in [7, 11) is 0. The van der Waals surface area contributed by atoms with Crippen LogP contribution < -0.4 is 10.6 Å². The molecule has 7 nitrogen and oxygen atoms in total. The number of para-hydroxylation sites is 1. The number of benzene rings is 2. The van der Waals surface area contributed by atoms with E-state index in [9.17, 15) is 9.59 Å². The van der Waals surface area contributed by atoms with Gasteiger partial charge in [-0.15, -0.1) is 0 Å². The van der Waals surface area contributed by atoms with Crippen molar-refractivity contribution in [1.29, 1.82) is 0 Å². The summed E-state index contributed by atoms with van der Waals surface area (Å²) in [6.07, 6.45) is 3.22. The lowest BCUT2D eigenvalue weighted by atomic mass is 10.0. The molecule has 5 rings (SSSR count). The zero-order chi connectivity index (χ0) is 24.4. The van der Waals surface area contributed by atoms with Crippen molar-refractivity contribution < 1.29 is 9.59 Å². The highest BCUT2D eigenvalue weighted by Crippen LogP contribution is 2.37. The van der Waals surface area contributed by atoms with E-state index >= 15 is 0 Å². The first-order valence-electron chi connectivity index (χ1n) is 11.4. The lowest BCUT2D eigenvalue weighted by molar-refractivity contribution is -0.118. The largest absolute Gasteiger partial charge is 0.336 e. The van der Waals surface area contributed by atoms with Crippen LogP contribution in [0.1, 0.15) is 40.2 Å². The minimum atomic E-state index is -0.964. The Labute approximate surface area is 208 Å². The van der Waals surface area contributed by atoms with E-state index in [-0.39, 0.29) is 11.8 Å². The molecule has 0 spiro atoms. The second-order valence-corrected chi connectivity index (χ2v) is 9.06. The number of nitrogens with zero attached hydrogens (tertiary/aromatic N) is 3. The third kappa shape index (κ3) is 4.68. The van der Waals surface area contributed by atoms with E-state index in [0.29, 0.717) is 47.2 Å². The predicted molar refractivity (Wildman–Crippen MR) is 135 cm³/mol. The van der Waals surface area contributed by atoms with Crippen LogP contribution in [-0.4, -0.2) is 32.1 Å². The second-order valence-electron chi connectivity index (χ2n) is 8.65. The summed E-state index contributed by atoms with van der Waals surface area (Å²) in [4.78, 5) is 31.2. The lowest BCUT2D eigenvalue weighted by Crippen LogP contribution is -2.46. The standard InChI is InChI=1S/C27H24ClN5O2/c1-18-21(17-19-9-4-2-5-10-19)23(33(32-18)24-22(28)13-8-16-29-24)25(34)31-27(14-15-27)26(35)30-20-11-6-3-7-12-20/h2-13,16H,14-15,17H2,1H3,(H,30,35)(H,31,34). The average Bonchev–Trinajstić information content (AvgIpc) is 3.58. The normalized spacial score (nSPS) is 13.8. The van der Waals surface area contributed by atoms with Crippen molar-refractivity contribution in [3.05, 3.63) is 107 Å². The molecule has 8 heteroatoms. The van der Waals surface area contributed by atoms with Crippen LogP contribution in [0.4, 0.5) is 5.69 Å². The smallest absolute Gasteiger partial charge is 0.271 e. The van der Waals surface area contributed by atoms with E-state index in [0.717, 1.165) is 11.1 Å². The molecule has 35 heavy (non-hydrogen) atoms. The van der Waals surface area contributed by atoms with E-state index in [1.54, 1.807) is 18.3 Å². The van der Waals surface area contributed by atoms with Crippen molar-refractivity contribution in [1.82, 2.24) is 20.1 Å². The molecule has 2 aromatic carbocycles. The monoisotopic (exact) mass is 485 g/mol. The van der Waals surface area contributed by atoms with Gasteiger partial charge in [0.25, 0.3) is 5.91 Å². The SMILES string of the molecule is Cc1nn(-c2ncccc2Cl)c(C(=O)NC2(C(=O)Nc3ccccc3)CC2)c1Cc1ccccc1. The van der Waals surface area contributed by atoms with Gasteiger partial charge in [0.1, 0.15) is 11.2 Å². The summed E-state index contributed by atoms with van der Waals surface area (Å²) in [6, 6.07) is 22.5. The average molecular weight is 486 g/mol. The van der Waals surface area contributed by atoms with E-state index in [4.69, 9.17) is 11.6 Å². The van der Waals surface area contributed by atoms with Gasteiger partial charge in [-0.1, -0.05) is 60.1 Å². The predicted octanol–water partition coefficient (Wildman–Crippen LogP) is 4.72. The van der Waals surface area contributed by atoms with E-state index < -0.39 is 5.54 Å². The van der Waals surface area contributed by atoms with Crippen molar-refractivity contribution >= 4 is 29.1 Å². The van der Waals surface area contributed by atoms with E-state index in [1.807, 2.05) is 67.6 Å². The van der Waals surface area contributed by atoms with Crippen molar-refractivity contribution in [2.45, 2.75) is 31.7 Å². The van der Waals surface area contributed by atoms with Crippen molar-refractivity contribution in [2.75, 3.05) is 5.32 Å². The first-order valence-corrected chi connectivity index (χ1v) is 11.8. The Kier molecular flexibility index (Phi) is 6.09. The number of carbonyl (C=O) groups excluding carboxylic acids is 2. The highest BCUT2D eigenvalue weighted by Gasteiger charge is 2.52. The van der Waals surface area contributed by atoms with Gasteiger partial charge in [-0.3, -0.25) is 9.59 Å². The first-order chi connectivity index (χ1) is 17.0. The van der Waals surface area contributed by atoms with Gasteiger partial charge in [-0.05, 0) is 49.6 Å². The fourth-order valence-corrected chi connectivity index (χ4v) is 4.28. The minimum absolute atomic E-state index is 0.236. The van der Waals surface area contributed by atoms with E-state index in [2.05, 4.69) is 20.7 Å². The summed E-state index contributed by atoms with van der Waals surface area (Å²) in [6.45, 7) is 1.86. The van der Waals surface area contributed by atoms with Crippen LogP contribution >= 0.6 is 11.6 Å². The number of hydrogen-bond donors (Lipinski definition) is 2. The van der Waals surface area contributed by atoms with Crippen LogP contribution in [-0.2, 0) is 11.2 Å². The number of amides is 2. The minimum Gasteiger partial charge on any atom is -0.336 e. The van der Waals surface area contributed by atoms with Crippen molar-refractivity contribution in [3.8, 4) is 5.82 Å². The Bertz CT molecular complexity index is 1380. The molecule has 0 unspecified atom stereocenters. The Morgan fingerprint density at radius 3 is 2.34 bits per heavy atom. The maximum absolute atomic E-state index is 13.8. The van der Waals surface area contributed by atoms with Crippen molar-refractivity contribution in [3.63, 3.8) is 0 Å². The molecule has 1 saturated carbocycles. The topological polar surface area (TPSA) is 88.9 Å². The molecule has 4 aromatic rings. The molecule has 0 bridgehead atoms. The molecular formula is C27H24ClN5O2. The van der Waals surface area contributed by atoms with Crippen LogP contribution in [0, 0.1) is 6.92 Å². The van der Waals surface area contributed by atoms with Crippen LogP contribution in [0.15, 0.2) is 79.0 Å². The molecule has 176 valence electrons. The number of aromatic nitrogens is 3. The Morgan fingerprint density at radius 2 is 1.69 bits per heavy atom. The summed E-state index contributed by atoms with van der Waals surface area (Å²) in [5, 5.41) is 10.9. The number of rotatable bonds is 7. The van der Waals surface area contributed by atoms with Gasteiger partial charge in [0.05, 0.1) is 10.7 Å². The molecule has 1 aliphatic rings. The quantitative estimate of drug-likeness (QED) is 0.396. The van der Waals surface area contributed by atoms with Gasteiger partial charge in [0.2, 0.25) is 5.91 Å². The summed E-state index contributed by atoms with van der Waals surface area (Å²) >= 11 is 6.42. The summed E-state index contributed by atoms with van der Waals surface area (Å²) in [5.74, 6) is -0.264. The maximum Gasteiger partial charge on any atom is 0.271 e. The van der Waals surface area contributed by atoms with E-state index in [1.165, 1.54) is 4.68 Å². The number of aryl methyl sites for hydroxylation is 1. The van der Waals surface area contributed by atoms with Crippen LogP contribution in [0.5, 0.6) is 0 Å². The zero-order valence-corrected chi connectivity index (χ0v) is 19.9. The second kappa shape index (κ2) is 9.35. The van der Waals surface area contributed by atoms with Crippen molar-refractivity contribution in [2.24, 2.45) is 0 Å². The third-order valence-corrected chi connectivity index (χ3v) is 6.43. The molecule has 1 aliphatic carbocycles. The summed E-state index contributed by atoms with van der Waals surface area (Å²) < 4.78 is 1.48. The fourth-order valence-electron chi connectivity index (χ4n) is 4.07. The highest BCUT2D eigenvalue weighted by atomic mass is 35.5. The Hall–Kier alpha value is -3.97. The molecule has 0 aliphatic heterocycles. The van der Waals surface area contributed by atoms with Gasteiger partial charge >= 0.3 is 0 Å². The Morgan fingerprint density at radius 1 is 1.00 bits per heavy atom. The van der Waals surface area contributed by atoms with Crippen LogP contribution in [0.25, 0.3) is 5.82 Å². The summed E-state index contributed by atoms with van der Waals surface area (Å²) in [5.41, 5.74) is 2.54. The number of halogens is 1. The number of pyridine rings is 1. The molecule has 2 heterocycles. The van der Waals surface area contributed by atoms with Gasteiger partial charge in [0.15, 0.2) is 5.82 Å². The zero-order valence-electron chi connectivity index (χ0n) is 19.2. The number of anilines is 1. The third-order valence-electron chi connectivity index (χ3n) is 6.13. The maximum atomic E-state index is 13.8. The molecule has 1 fully saturated rings. The van der Waals surface area contributed by atoms with Gasteiger partial charge in [-0.25, -0.2) is 9.67 Å². The number of nitrogens with one attached hydrogen (secondary N) is 2. The number of hydrogen-bond acceptors (Lipinski definition) is 4. The first kappa shape index (κ1) is 22.8. The lowest BCUT2D eigenvalue weighted by Gasteiger charge is -2.18. The molecule has 2 N–H and O–H groups in total. The molecule has 2 amide bonds. The molecular weight excluding hydrogens is 462 g/mol. The highest BCUT2D eigenvalue weighted by molar-refractivity contribution is 6.32. The molecule has 0 radical (unpaired) electrons. The molecule has 0 atom stereocenters.